The van der Waals surface area contributed by atoms with Crippen LogP contribution in [0.3, 0.4) is 0 Å². The van der Waals surface area contributed by atoms with E-state index in [2.05, 4.69) is 30.9 Å². The number of H-pyrrole nitrogens is 1. The monoisotopic (exact) mass is 222 g/mol. The van der Waals surface area contributed by atoms with Crippen LogP contribution in [-0.4, -0.2) is 31.5 Å². The zero-order chi connectivity index (χ0) is 11.4. The third-order valence-corrected chi connectivity index (χ3v) is 1.90. The van der Waals surface area contributed by atoms with E-state index in [1.165, 1.54) is 0 Å². The average molecular weight is 222 g/mol. The van der Waals surface area contributed by atoms with E-state index in [0.717, 1.165) is 12.2 Å². The SMILES string of the molecule is CCc1cnc(CNC(=O)c2nn[nH]n2)o1. The van der Waals surface area contributed by atoms with Gasteiger partial charge >= 0.3 is 0 Å². The zero-order valence-corrected chi connectivity index (χ0v) is 8.60. The maximum atomic E-state index is 11.4. The van der Waals surface area contributed by atoms with Gasteiger partial charge in [0.15, 0.2) is 0 Å². The van der Waals surface area contributed by atoms with E-state index in [1.807, 2.05) is 6.92 Å². The molecule has 8 heteroatoms. The second-order valence-corrected chi connectivity index (χ2v) is 2.99. The van der Waals surface area contributed by atoms with Gasteiger partial charge in [0.2, 0.25) is 5.89 Å². The molecule has 0 aromatic carbocycles. The number of nitrogens with zero attached hydrogens (tertiary/aromatic N) is 4. The lowest BCUT2D eigenvalue weighted by molar-refractivity contribution is 0.0936. The number of rotatable bonds is 4. The Morgan fingerprint density at radius 2 is 2.50 bits per heavy atom. The van der Waals surface area contributed by atoms with Crippen LogP contribution < -0.4 is 5.32 Å². The Labute approximate surface area is 90.4 Å². The Morgan fingerprint density at radius 1 is 1.62 bits per heavy atom. The highest BCUT2D eigenvalue weighted by Gasteiger charge is 2.11. The molecule has 0 atom stereocenters. The van der Waals surface area contributed by atoms with Crippen LogP contribution in [0, 0.1) is 0 Å². The second-order valence-electron chi connectivity index (χ2n) is 2.99. The molecule has 0 saturated heterocycles. The van der Waals surface area contributed by atoms with Gasteiger partial charge in [0.25, 0.3) is 11.7 Å². The van der Waals surface area contributed by atoms with Crippen LogP contribution in [-0.2, 0) is 13.0 Å². The minimum atomic E-state index is -0.426. The first kappa shape index (κ1) is 10.3. The molecule has 0 radical (unpaired) electrons. The van der Waals surface area contributed by atoms with E-state index in [9.17, 15) is 4.79 Å². The standard InChI is InChI=1S/C8H10N6O2/c1-2-5-3-9-6(16-5)4-10-8(15)7-11-13-14-12-7/h3H,2,4H2,1H3,(H,10,15)(H,11,12,13,14). The molecule has 2 aromatic heterocycles. The van der Waals surface area contributed by atoms with Crippen molar-refractivity contribution in [3.05, 3.63) is 23.7 Å². The van der Waals surface area contributed by atoms with Crippen LogP contribution in [0.25, 0.3) is 0 Å². The molecule has 0 saturated carbocycles. The van der Waals surface area contributed by atoms with Gasteiger partial charge in [-0.2, -0.15) is 5.21 Å². The molecule has 16 heavy (non-hydrogen) atoms. The fourth-order valence-electron chi connectivity index (χ4n) is 1.09. The molecule has 8 nitrogen and oxygen atoms in total. The summed E-state index contributed by atoms with van der Waals surface area (Å²) in [5, 5.41) is 15.1. The quantitative estimate of drug-likeness (QED) is 0.733. The Balaban J connectivity index is 1.90. The van der Waals surface area contributed by atoms with Gasteiger partial charge < -0.3 is 9.73 Å². The first-order valence-corrected chi connectivity index (χ1v) is 4.75. The van der Waals surface area contributed by atoms with Gasteiger partial charge in [-0.3, -0.25) is 4.79 Å². The number of amides is 1. The van der Waals surface area contributed by atoms with Crippen molar-refractivity contribution in [2.45, 2.75) is 19.9 Å². The number of carbonyl (C=O) groups is 1. The highest BCUT2D eigenvalue weighted by molar-refractivity contribution is 5.89. The molecule has 2 heterocycles. The van der Waals surface area contributed by atoms with Gasteiger partial charge in [-0.05, 0) is 5.21 Å². The number of hydrogen-bond acceptors (Lipinski definition) is 6. The second kappa shape index (κ2) is 4.51. The number of hydrogen-bond donors (Lipinski definition) is 2. The number of nitrogens with one attached hydrogen (secondary N) is 2. The molecule has 0 unspecified atom stereocenters. The normalized spacial score (nSPS) is 10.3. The predicted molar refractivity (Wildman–Crippen MR) is 51.2 cm³/mol. The number of carbonyl (C=O) groups excluding carboxylic acids is 1. The van der Waals surface area contributed by atoms with Crippen molar-refractivity contribution in [2.24, 2.45) is 0 Å². The van der Waals surface area contributed by atoms with Crippen molar-refractivity contribution in [3.63, 3.8) is 0 Å². The van der Waals surface area contributed by atoms with Crippen LogP contribution in [0.5, 0.6) is 0 Å². The van der Waals surface area contributed by atoms with Crippen LogP contribution >= 0.6 is 0 Å². The molecule has 0 aliphatic carbocycles. The van der Waals surface area contributed by atoms with Crippen LogP contribution in [0.1, 0.15) is 29.2 Å². The number of aromatic nitrogens is 5. The van der Waals surface area contributed by atoms with Crippen molar-refractivity contribution in [1.82, 2.24) is 30.9 Å². The molecule has 0 aliphatic heterocycles. The molecule has 0 aliphatic rings. The van der Waals surface area contributed by atoms with E-state index >= 15 is 0 Å². The Bertz CT molecular complexity index is 463. The van der Waals surface area contributed by atoms with Gasteiger partial charge in [0, 0.05) is 6.42 Å². The lowest BCUT2D eigenvalue weighted by Gasteiger charge is -1.97. The molecular weight excluding hydrogens is 212 g/mol. The number of aryl methyl sites for hydroxylation is 1. The molecule has 2 N–H and O–H groups in total. The summed E-state index contributed by atoms with van der Waals surface area (Å²) in [5.74, 6) is 0.796. The Hall–Kier alpha value is -2.25. The predicted octanol–water partition coefficient (Wildman–Crippen LogP) is -0.320. The summed E-state index contributed by atoms with van der Waals surface area (Å²) in [6.45, 7) is 2.16. The Morgan fingerprint density at radius 3 is 3.12 bits per heavy atom. The summed E-state index contributed by atoms with van der Waals surface area (Å²) in [7, 11) is 0. The number of aromatic amines is 1. The largest absolute Gasteiger partial charge is 0.444 e. The third-order valence-electron chi connectivity index (χ3n) is 1.90. The molecule has 0 fully saturated rings. The molecule has 1 amide bonds. The fraction of sp³-hybridized carbons (Fsp3) is 0.375. The van der Waals surface area contributed by atoms with Gasteiger partial charge in [-0.15, -0.1) is 10.2 Å². The molecular formula is C8H10N6O2. The van der Waals surface area contributed by atoms with Crippen LogP contribution in [0.15, 0.2) is 10.6 Å². The summed E-state index contributed by atoms with van der Waals surface area (Å²) in [5.41, 5.74) is 0. The van der Waals surface area contributed by atoms with Gasteiger partial charge in [0.1, 0.15) is 5.76 Å². The van der Waals surface area contributed by atoms with Crippen LogP contribution in [0.2, 0.25) is 0 Å². The molecule has 2 rings (SSSR count). The summed E-state index contributed by atoms with van der Waals surface area (Å²) >= 11 is 0. The zero-order valence-electron chi connectivity index (χ0n) is 8.60. The first-order chi connectivity index (χ1) is 7.79. The molecule has 0 spiro atoms. The van der Waals surface area contributed by atoms with Gasteiger partial charge in [-0.1, -0.05) is 6.92 Å². The maximum absolute atomic E-state index is 11.4. The van der Waals surface area contributed by atoms with Gasteiger partial charge in [0.05, 0.1) is 12.7 Å². The van der Waals surface area contributed by atoms with E-state index in [0.29, 0.717) is 5.89 Å². The fourth-order valence-corrected chi connectivity index (χ4v) is 1.09. The minimum Gasteiger partial charge on any atom is -0.444 e. The Kier molecular flexibility index (Phi) is 2.90. The summed E-state index contributed by atoms with van der Waals surface area (Å²) < 4.78 is 5.31. The molecule has 84 valence electrons. The van der Waals surface area contributed by atoms with Crippen molar-refractivity contribution >= 4 is 5.91 Å². The number of tetrazole rings is 1. The van der Waals surface area contributed by atoms with Crippen LogP contribution in [0.4, 0.5) is 0 Å². The van der Waals surface area contributed by atoms with Gasteiger partial charge in [-0.25, -0.2) is 4.98 Å². The van der Waals surface area contributed by atoms with Crippen molar-refractivity contribution in [1.29, 1.82) is 0 Å². The van der Waals surface area contributed by atoms with Crippen molar-refractivity contribution in [3.8, 4) is 0 Å². The maximum Gasteiger partial charge on any atom is 0.293 e. The molecule has 0 bridgehead atoms. The highest BCUT2D eigenvalue weighted by Crippen LogP contribution is 2.03. The summed E-state index contributed by atoms with van der Waals surface area (Å²) in [4.78, 5) is 15.4. The van der Waals surface area contributed by atoms with Crippen molar-refractivity contribution in [2.75, 3.05) is 0 Å². The summed E-state index contributed by atoms with van der Waals surface area (Å²) in [6.07, 6.45) is 2.40. The topological polar surface area (TPSA) is 110 Å². The third kappa shape index (κ3) is 2.22. The summed E-state index contributed by atoms with van der Waals surface area (Å²) in [6, 6.07) is 0. The highest BCUT2D eigenvalue weighted by atomic mass is 16.4. The van der Waals surface area contributed by atoms with E-state index in [4.69, 9.17) is 4.42 Å². The van der Waals surface area contributed by atoms with E-state index in [1.54, 1.807) is 6.20 Å². The molecule has 2 aromatic rings. The van der Waals surface area contributed by atoms with E-state index < -0.39 is 5.91 Å². The lowest BCUT2D eigenvalue weighted by atomic mass is 10.4. The smallest absolute Gasteiger partial charge is 0.293 e. The minimum absolute atomic E-state index is 0.0118. The average Bonchev–Trinajstić information content (AvgIpc) is 2.96. The number of oxazole rings is 1. The lowest BCUT2D eigenvalue weighted by Crippen LogP contribution is -2.24. The van der Waals surface area contributed by atoms with Crippen molar-refractivity contribution < 1.29 is 9.21 Å². The van der Waals surface area contributed by atoms with E-state index in [-0.39, 0.29) is 12.4 Å². The first-order valence-electron chi connectivity index (χ1n) is 4.75.